The second-order valence-electron chi connectivity index (χ2n) is 5.14. The van der Waals surface area contributed by atoms with E-state index in [1.807, 2.05) is 0 Å². The molecule has 1 saturated heterocycles. The number of nitrogens with one attached hydrogen (secondary N) is 1. The van der Waals surface area contributed by atoms with Crippen LogP contribution >= 0.6 is 0 Å². The summed E-state index contributed by atoms with van der Waals surface area (Å²) in [6.45, 7) is 5.77. The summed E-state index contributed by atoms with van der Waals surface area (Å²) >= 11 is 0. The van der Waals surface area contributed by atoms with E-state index in [4.69, 9.17) is 0 Å². The largest absolute Gasteiger partial charge is 0.379 e. The number of rotatable bonds is 6. The summed E-state index contributed by atoms with van der Waals surface area (Å²) in [5, 5.41) is 24.8. The fraction of sp³-hybridized carbons (Fsp3) is 0.538. The van der Waals surface area contributed by atoms with Crippen molar-refractivity contribution in [2.75, 3.05) is 31.5 Å². The van der Waals surface area contributed by atoms with E-state index in [0.29, 0.717) is 18.2 Å². The van der Waals surface area contributed by atoms with Crippen LogP contribution in [0.3, 0.4) is 0 Å². The molecule has 2 rings (SSSR count). The highest BCUT2D eigenvalue weighted by atomic mass is 16.6. The Morgan fingerprint density at radius 2 is 2.10 bits per heavy atom. The first kappa shape index (κ1) is 15.2. The highest BCUT2D eigenvalue weighted by Crippen LogP contribution is 2.29. The molecule has 1 N–H and O–H groups in total. The van der Waals surface area contributed by atoms with E-state index >= 15 is 0 Å². The van der Waals surface area contributed by atoms with Crippen LogP contribution in [0.2, 0.25) is 0 Å². The van der Waals surface area contributed by atoms with Crippen molar-refractivity contribution in [3.05, 3.63) is 38.4 Å². The zero-order valence-corrected chi connectivity index (χ0v) is 11.8. The Morgan fingerprint density at radius 1 is 1.33 bits per heavy atom. The van der Waals surface area contributed by atoms with Gasteiger partial charge >= 0.3 is 0 Å². The molecule has 1 aliphatic heterocycles. The third-order valence-corrected chi connectivity index (χ3v) is 3.79. The molecule has 21 heavy (non-hydrogen) atoms. The van der Waals surface area contributed by atoms with Gasteiger partial charge < -0.3 is 10.2 Å². The maximum atomic E-state index is 11.0. The summed E-state index contributed by atoms with van der Waals surface area (Å²) in [4.78, 5) is 22.8. The fourth-order valence-corrected chi connectivity index (χ4v) is 2.56. The second kappa shape index (κ2) is 6.49. The Labute approximate surface area is 122 Å². The first-order valence-electron chi connectivity index (χ1n) is 6.90. The van der Waals surface area contributed by atoms with E-state index in [1.165, 1.54) is 12.1 Å². The molecular formula is C13H18N4O4. The summed E-state index contributed by atoms with van der Waals surface area (Å²) in [5.41, 5.74) is -0.194. The van der Waals surface area contributed by atoms with Crippen molar-refractivity contribution in [2.24, 2.45) is 5.92 Å². The van der Waals surface area contributed by atoms with Crippen LogP contribution in [0.25, 0.3) is 0 Å². The molecule has 1 aromatic rings. The molecule has 1 fully saturated rings. The minimum absolute atomic E-state index is 0.255. The van der Waals surface area contributed by atoms with Crippen LogP contribution in [0, 0.1) is 26.1 Å². The summed E-state index contributed by atoms with van der Waals surface area (Å²) in [7, 11) is 0. The van der Waals surface area contributed by atoms with Crippen LogP contribution in [-0.2, 0) is 0 Å². The Bertz CT molecular complexity index is 549. The predicted molar refractivity (Wildman–Crippen MR) is 78.5 cm³/mol. The lowest BCUT2D eigenvalue weighted by atomic mass is 10.1. The van der Waals surface area contributed by atoms with E-state index in [9.17, 15) is 20.2 Å². The Hall–Kier alpha value is -2.22. The van der Waals surface area contributed by atoms with Crippen molar-refractivity contribution < 1.29 is 9.85 Å². The third kappa shape index (κ3) is 3.66. The van der Waals surface area contributed by atoms with Gasteiger partial charge in [0, 0.05) is 19.2 Å². The lowest BCUT2D eigenvalue weighted by Gasteiger charge is -2.14. The molecule has 0 amide bonds. The highest BCUT2D eigenvalue weighted by molar-refractivity contribution is 5.65. The zero-order valence-electron chi connectivity index (χ0n) is 11.8. The minimum atomic E-state index is -0.632. The van der Waals surface area contributed by atoms with Crippen molar-refractivity contribution in [3.8, 4) is 0 Å². The Balaban J connectivity index is 2.06. The fourth-order valence-electron chi connectivity index (χ4n) is 2.56. The van der Waals surface area contributed by atoms with E-state index in [1.54, 1.807) is 0 Å². The van der Waals surface area contributed by atoms with Gasteiger partial charge in [-0.25, -0.2) is 0 Å². The predicted octanol–water partition coefficient (Wildman–Crippen LogP) is 2.26. The van der Waals surface area contributed by atoms with Gasteiger partial charge in [-0.2, -0.15) is 0 Å². The van der Waals surface area contributed by atoms with Gasteiger partial charge in [-0.3, -0.25) is 20.2 Å². The number of hydrogen-bond acceptors (Lipinski definition) is 6. The van der Waals surface area contributed by atoms with Crippen molar-refractivity contribution >= 4 is 17.1 Å². The molecule has 0 aromatic heterocycles. The van der Waals surface area contributed by atoms with E-state index in [-0.39, 0.29) is 11.4 Å². The Morgan fingerprint density at radius 3 is 2.67 bits per heavy atom. The number of likely N-dealkylation sites (tertiary alicyclic amines) is 1. The van der Waals surface area contributed by atoms with Crippen LogP contribution in [0.5, 0.6) is 0 Å². The Kier molecular flexibility index (Phi) is 4.69. The van der Waals surface area contributed by atoms with E-state index in [2.05, 4.69) is 17.1 Å². The quantitative estimate of drug-likeness (QED) is 0.637. The molecule has 1 aromatic carbocycles. The molecule has 8 nitrogen and oxygen atoms in total. The van der Waals surface area contributed by atoms with Crippen LogP contribution in [0.4, 0.5) is 17.1 Å². The van der Waals surface area contributed by atoms with Crippen molar-refractivity contribution in [3.63, 3.8) is 0 Å². The molecule has 1 heterocycles. The average Bonchev–Trinajstić information content (AvgIpc) is 2.92. The van der Waals surface area contributed by atoms with Gasteiger partial charge in [-0.05, 0) is 31.5 Å². The molecule has 1 unspecified atom stereocenters. The molecular weight excluding hydrogens is 276 g/mol. The topological polar surface area (TPSA) is 102 Å². The van der Waals surface area contributed by atoms with Crippen LogP contribution in [-0.4, -0.2) is 40.9 Å². The van der Waals surface area contributed by atoms with Gasteiger partial charge in [0.25, 0.3) is 11.4 Å². The third-order valence-electron chi connectivity index (χ3n) is 3.79. The summed E-state index contributed by atoms with van der Waals surface area (Å²) in [5.74, 6) is 0.444. The summed E-state index contributed by atoms with van der Waals surface area (Å²) in [6.07, 6.45) is 1.06. The van der Waals surface area contributed by atoms with Gasteiger partial charge in [0.2, 0.25) is 0 Å². The van der Waals surface area contributed by atoms with Crippen molar-refractivity contribution in [2.45, 2.75) is 13.3 Å². The lowest BCUT2D eigenvalue weighted by molar-refractivity contribution is -0.393. The monoisotopic (exact) mass is 294 g/mol. The molecule has 1 atom stereocenters. The van der Waals surface area contributed by atoms with Gasteiger partial charge in [-0.1, -0.05) is 6.92 Å². The summed E-state index contributed by atoms with van der Waals surface area (Å²) in [6, 6.07) is 3.68. The van der Waals surface area contributed by atoms with Crippen LogP contribution in [0.15, 0.2) is 18.2 Å². The van der Waals surface area contributed by atoms with Crippen molar-refractivity contribution in [1.29, 1.82) is 0 Å². The number of benzene rings is 1. The van der Waals surface area contributed by atoms with Gasteiger partial charge in [0.15, 0.2) is 0 Å². The maximum absolute atomic E-state index is 11.0. The standard InChI is InChI=1S/C13H18N4O4/c1-2-15-6-5-10(9-15)8-14-12-4-3-11(16(18)19)7-13(12)17(20)21/h3-4,7,10,14H,2,5-6,8-9H2,1H3. The number of nitro groups is 2. The van der Waals surface area contributed by atoms with Gasteiger partial charge in [-0.15, -0.1) is 0 Å². The second-order valence-corrected chi connectivity index (χ2v) is 5.14. The SMILES string of the molecule is CCN1CCC(CNc2ccc([N+](=O)[O-])cc2[N+](=O)[O-])C1. The molecule has 0 bridgehead atoms. The van der Waals surface area contributed by atoms with E-state index in [0.717, 1.165) is 32.1 Å². The molecule has 0 aliphatic carbocycles. The number of non-ortho nitro benzene ring substituents is 1. The highest BCUT2D eigenvalue weighted by Gasteiger charge is 2.23. The smallest absolute Gasteiger partial charge is 0.299 e. The average molecular weight is 294 g/mol. The maximum Gasteiger partial charge on any atom is 0.299 e. The van der Waals surface area contributed by atoms with Gasteiger partial charge in [0.05, 0.1) is 15.9 Å². The molecule has 0 saturated carbocycles. The number of nitrogens with zero attached hydrogens (tertiary/aromatic N) is 3. The molecule has 1 aliphatic rings. The summed E-state index contributed by atoms with van der Waals surface area (Å²) < 4.78 is 0. The minimum Gasteiger partial charge on any atom is -0.379 e. The van der Waals surface area contributed by atoms with E-state index < -0.39 is 9.85 Å². The number of anilines is 1. The molecule has 114 valence electrons. The molecule has 0 radical (unpaired) electrons. The zero-order chi connectivity index (χ0) is 15.4. The first-order chi connectivity index (χ1) is 10.0. The number of hydrogen-bond donors (Lipinski definition) is 1. The first-order valence-corrected chi connectivity index (χ1v) is 6.90. The van der Waals surface area contributed by atoms with Crippen LogP contribution in [0.1, 0.15) is 13.3 Å². The number of nitro benzene ring substituents is 2. The van der Waals surface area contributed by atoms with Gasteiger partial charge in [0.1, 0.15) is 5.69 Å². The van der Waals surface area contributed by atoms with Crippen LogP contribution < -0.4 is 5.32 Å². The normalized spacial score (nSPS) is 18.6. The van der Waals surface area contributed by atoms with Crippen molar-refractivity contribution in [1.82, 2.24) is 4.90 Å². The lowest BCUT2D eigenvalue weighted by Crippen LogP contribution is -2.22. The molecule has 8 heteroatoms. The molecule has 0 spiro atoms.